The monoisotopic (exact) mass is 289 g/mol. The molecule has 0 aliphatic heterocycles. The Balaban J connectivity index is 2.54. The van der Waals surface area contributed by atoms with Crippen molar-refractivity contribution in [3.05, 3.63) is 17.9 Å². The number of aromatic carboxylic acids is 1. The van der Waals surface area contributed by atoms with Gasteiger partial charge in [-0.05, 0) is 19.1 Å². The van der Waals surface area contributed by atoms with Gasteiger partial charge < -0.3 is 19.6 Å². The van der Waals surface area contributed by atoms with Gasteiger partial charge in [0.05, 0.1) is 17.4 Å². The van der Waals surface area contributed by atoms with Crippen LogP contribution < -0.4 is 5.32 Å². The Morgan fingerprint density at radius 2 is 2.21 bits per heavy atom. The summed E-state index contributed by atoms with van der Waals surface area (Å²) >= 11 is 0. The van der Waals surface area contributed by atoms with Crippen LogP contribution in [0, 0.1) is 0 Å². The van der Waals surface area contributed by atoms with E-state index in [1.165, 1.54) is 19.2 Å². The number of nitrogens with one attached hydrogen (secondary N) is 1. The highest BCUT2D eigenvalue weighted by Gasteiger charge is 2.17. The van der Waals surface area contributed by atoms with E-state index < -0.39 is 22.7 Å². The van der Waals surface area contributed by atoms with Gasteiger partial charge in [0.2, 0.25) is 11.7 Å². The molecule has 0 bridgehead atoms. The van der Waals surface area contributed by atoms with Gasteiger partial charge in [-0.15, -0.1) is 0 Å². The van der Waals surface area contributed by atoms with Crippen molar-refractivity contribution in [2.24, 2.45) is 0 Å². The van der Waals surface area contributed by atoms with Crippen molar-refractivity contribution < 1.29 is 28.1 Å². The van der Waals surface area contributed by atoms with Crippen LogP contribution in [-0.2, 0) is 20.3 Å². The summed E-state index contributed by atoms with van der Waals surface area (Å²) in [7, 11) is -0.201. The van der Waals surface area contributed by atoms with Crippen LogP contribution in [0.4, 0.5) is 0 Å². The number of carbonyl (C=O) groups is 2. The smallest absolute Gasteiger partial charge is 0.371 e. The Morgan fingerprint density at radius 3 is 2.74 bits per heavy atom. The van der Waals surface area contributed by atoms with E-state index in [9.17, 15) is 13.8 Å². The first-order valence-electron chi connectivity index (χ1n) is 5.44. The maximum absolute atomic E-state index is 11.8. The van der Waals surface area contributed by atoms with E-state index in [4.69, 9.17) is 14.3 Å². The molecule has 19 heavy (non-hydrogen) atoms. The quantitative estimate of drug-likeness (QED) is 0.744. The van der Waals surface area contributed by atoms with Crippen molar-refractivity contribution in [2.45, 2.75) is 18.1 Å². The van der Waals surface area contributed by atoms with Gasteiger partial charge in [-0.1, -0.05) is 0 Å². The molecule has 0 fully saturated rings. The molecule has 2 atom stereocenters. The summed E-state index contributed by atoms with van der Waals surface area (Å²) in [4.78, 5) is 22.1. The van der Waals surface area contributed by atoms with Crippen LogP contribution in [0.15, 0.2) is 21.6 Å². The number of methoxy groups -OCH3 is 1. The number of furan rings is 1. The number of ether oxygens (including phenoxy) is 1. The molecule has 0 spiro atoms. The van der Waals surface area contributed by atoms with Crippen molar-refractivity contribution in [3.63, 3.8) is 0 Å². The zero-order valence-corrected chi connectivity index (χ0v) is 11.4. The molecule has 1 aromatic rings. The van der Waals surface area contributed by atoms with Gasteiger partial charge in [0.15, 0.2) is 5.09 Å². The average Bonchev–Trinajstić information content (AvgIpc) is 2.77. The SMILES string of the molecule is COCC(C)NC(=O)CS(=O)c1ccc(C(=O)O)o1. The molecule has 0 aromatic carbocycles. The van der Waals surface area contributed by atoms with Crippen LogP contribution in [0.5, 0.6) is 0 Å². The largest absolute Gasteiger partial charge is 0.475 e. The molecule has 0 aliphatic carbocycles. The molecular weight excluding hydrogens is 274 g/mol. The summed E-state index contributed by atoms with van der Waals surface area (Å²) in [5, 5.41) is 11.2. The highest BCUT2D eigenvalue weighted by molar-refractivity contribution is 7.85. The Kier molecular flexibility index (Phi) is 5.71. The first-order valence-corrected chi connectivity index (χ1v) is 6.75. The van der Waals surface area contributed by atoms with Gasteiger partial charge in [0.1, 0.15) is 5.75 Å². The summed E-state index contributed by atoms with van der Waals surface area (Å²) in [6, 6.07) is 2.28. The van der Waals surface area contributed by atoms with E-state index in [-0.39, 0.29) is 22.6 Å². The maximum Gasteiger partial charge on any atom is 0.371 e. The van der Waals surface area contributed by atoms with Gasteiger partial charge in [-0.3, -0.25) is 9.00 Å². The number of amides is 1. The lowest BCUT2D eigenvalue weighted by atomic mass is 10.3. The number of carbonyl (C=O) groups excluding carboxylic acids is 1. The maximum atomic E-state index is 11.8. The molecule has 7 nitrogen and oxygen atoms in total. The molecule has 0 radical (unpaired) electrons. The van der Waals surface area contributed by atoms with Crippen molar-refractivity contribution in [2.75, 3.05) is 19.5 Å². The molecule has 2 N–H and O–H groups in total. The van der Waals surface area contributed by atoms with Crippen LogP contribution >= 0.6 is 0 Å². The normalized spacial score (nSPS) is 13.8. The van der Waals surface area contributed by atoms with E-state index in [1.807, 2.05) is 0 Å². The van der Waals surface area contributed by atoms with E-state index in [1.54, 1.807) is 6.92 Å². The van der Waals surface area contributed by atoms with Crippen molar-refractivity contribution in [3.8, 4) is 0 Å². The fourth-order valence-corrected chi connectivity index (χ4v) is 2.22. The lowest BCUT2D eigenvalue weighted by Crippen LogP contribution is -2.38. The second-order valence-corrected chi connectivity index (χ2v) is 5.22. The molecule has 0 saturated heterocycles. The second-order valence-electron chi connectivity index (χ2n) is 3.84. The van der Waals surface area contributed by atoms with Gasteiger partial charge in [-0.25, -0.2) is 4.79 Å². The fourth-order valence-electron chi connectivity index (χ4n) is 1.36. The van der Waals surface area contributed by atoms with Crippen LogP contribution in [0.2, 0.25) is 0 Å². The lowest BCUT2D eigenvalue weighted by molar-refractivity contribution is -0.119. The van der Waals surface area contributed by atoms with Gasteiger partial charge in [0, 0.05) is 13.2 Å². The number of hydrogen-bond donors (Lipinski definition) is 2. The summed E-state index contributed by atoms with van der Waals surface area (Å²) in [5.74, 6) is -2.27. The second kappa shape index (κ2) is 7.05. The minimum Gasteiger partial charge on any atom is -0.475 e. The minimum atomic E-state index is -1.71. The van der Waals surface area contributed by atoms with Crippen molar-refractivity contribution >= 4 is 22.7 Å². The van der Waals surface area contributed by atoms with Crippen LogP contribution in [0.25, 0.3) is 0 Å². The minimum absolute atomic E-state index is 0.0352. The molecule has 1 aromatic heterocycles. The number of hydrogen-bond acceptors (Lipinski definition) is 5. The third-order valence-electron chi connectivity index (χ3n) is 2.10. The molecule has 2 unspecified atom stereocenters. The lowest BCUT2D eigenvalue weighted by Gasteiger charge is -2.11. The third-order valence-corrected chi connectivity index (χ3v) is 3.30. The van der Waals surface area contributed by atoms with Crippen molar-refractivity contribution in [1.29, 1.82) is 0 Å². The Morgan fingerprint density at radius 1 is 1.53 bits per heavy atom. The highest BCUT2D eigenvalue weighted by Crippen LogP contribution is 2.12. The zero-order chi connectivity index (χ0) is 14.4. The van der Waals surface area contributed by atoms with Crippen LogP contribution in [0.1, 0.15) is 17.5 Å². The first kappa shape index (κ1) is 15.4. The van der Waals surface area contributed by atoms with E-state index in [0.29, 0.717) is 6.61 Å². The number of carboxylic acid groups (broad SMARTS) is 1. The predicted molar refractivity (Wildman–Crippen MR) is 66.4 cm³/mol. The fraction of sp³-hybridized carbons (Fsp3) is 0.455. The van der Waals surface area contributed by atoms with Crippen LogP contribution in [0.3, 0.4) is 0 Å². The average molecular weight is 289 g/mol. The molecule has 0 aliphatic rings. The predicted octanol–water partition coefficient (Wildman–Crippen LogP) is 0.236. The van der Waals surface area contributed by atoms with E-state index in [0.717, 1.165) is 0 Å². The molecular formula is C11H15NO6S. The zero-order valence-electron chi connectivity index (χ0n) is 10.5. The molecule has 1 heterocycles. The summed E-state index contributed by atoms with van der Waals surface area (Å²) in [5.41, 5.74) is 0. The molecule has 8 heteroatoms. The molecule has 106 valence electrons. The molecule has 1 rings (SSSR count). The standard InChI is InChI=1S/C11H15NO6S/c1-7(5-17-2)12-9(13)6-19(16)10-4-3-8(18-10)11(14)15/h3-4,7H,5-6H2,1-2H3,(H,12,13)(H,14,15). The topological polar surface area (TPSA) is 106 Å². The van der Waals surface area contributed by atoms with Gasteiger partial charge in [0.25, 0.3) is 0 Å². The van der Waals surface area contributed by atoms with Gasteiger partial charge in [-0.2, -0.15) is 0 Å². The summed E-state index contributed by atoms with van der Waals surface area (Å²) in [6.45, 7) is 2.10. The van der Waals surface area contributed by atoms with Crippen molar-refractivity contribution in [1.82, 2.24) is 5.32 Å². The van der Waals surface area contributed by atoms with E-state index >= 15 is 0 Å². The Hall–Kier alpha value is -1.67. The third kappa shape index (κ3) is 4.84. The number of rotatable bonds is 7. The molecule has 1 amide bonds. The first-order chi connectivity index (χ1) is 8.93. The Labute approximate surface area is 112 Å². The Bertz CT molecular complexity index is 483. The number of carboxylic acids is 1. The molecule has 0 saturated carbocycles. The van der Waals surface area contributed by atoms with E-state index in [2.05, 4.69) is 5.32 Å². The highest BCUT2D eigenvalue weighted by atomic mass is 32.2. The summed E-state index contributed by atoms with van der Waals surface area (Å²) in [6.07, 6.45) is 0. The van der Waals surface area contributed by atoms with Gasteiger partial charge >= 0.3 is 5.97 Å². The van der Waals surface area contributed by atoms with Crippen LogP contribution in [-0.4, -0.2) is 46.7 Å². The summed E-state index contributed by atoms with van der Waals surface area (Å²) < 4.78 is 21.5.